The number of benzene rings is 1. The molecule has 0 saturated heterocycles. The maximum atomic E-state index is 12.9. The SMILES string of the molecule is CCOC1(C(N)Cc2ccc(F)cc2)CCCCC1. The summed E-state index contributed by atoms with van der Waals surface area (Å²) in [5.74, 6) is -0.200. The average Bonchev–Trinajstić information content (AvgIpc) is 2.43. The minimum absolute atomic E-state index is 0.0155. The molecule has 2 rings (SSSR count). The van der Waals surface area contributed by atoms with E-state index in [0.29, 0.717) is 6.61 Å². The third-order valence-electron chi connectivity index (χ3n) is 4.18. The zero-order valence-corrected chi connectivity index (χ0v) is 11.7. The molecule has 0 radical (unpaired) electrons. The van der Waals surface area contributed by atoms with Gasteiger partial charge < -0.3 is 10.5 Å². The van der Waals surface area contributed by atoms with E-state index in [1.807, 2.05) is 19.1 Å². The molecule has 2 N–H and O–H groups in total. The highest BCUT2D eigenvalue weighted by Crippen LogP contribution is 2.35. The van der Waals surface area contributed by atoms with Gasteiger partial charge in [0.2, 0.25) is 0 Å². The summed E-state index contributed by atoms with van der Waals surface area (Å²) in [5, 5.41) is 0. The number of ether oxygens (including phenoxy) is 1. The van der Waals surface area contributed by atoms with Gasteiger partial charge in [0.25, 0.3) is 0 Å². The molecule has 0 bridgehead atoms. The summed E-state index contributed by atoms with van der Waals surface area (Å²) in [6, 6.07) is 6.61. The van der Waals surface area contributed by atoms with Crippen molar-refractivity contribution in [1.82, 2.24) is 0 Å². The van der Waals surface area contributed by atoms with E-state index in [1.165, 1.54) is 31.4 Å². The van der Waals surface area contributed by atoms with Gasteiger partial charge in [-0.2, -0.15) is 0 Å². The molecule has 0 aliphatic heterocycles. The second kappa shape index (κ2) is 6.49. The van der Waals surface area contributed by atoms with Gasteiger partial charge in [0, 0.05) is 12.6 Å². The van der Waals surface area contributed by atoms with Crippen molar-refractivity contribution in [1.29, 1.82) is 0 Å². The summed E-state index contributed by atoms with van der Waals surface area (Å²) in [6.45, 7) is 2.73. The van der Waals surface area contributed by atoms with Crippen LogP contribution in [-0.2, 0) is 11.2 Å². The highest BCUT2D eigenvalue weighted by Gasteiger charge is 2.38. The van der Waals surface area contributed by atoms with Crippen LogP contribution in [0, 0.1) is 5.82 Å². The Morgan fingerprint density at radius 2 is 1.84 bits per heavy atom. The lowest BCUT2D eigenvalue weighted by Crippen LogP contribution is -2.52. The Kier molecular flexibility index (Phi) is 4.94. The van der Waals surface area contributed by atoms with E-state index in [-0.39, 0.29) is 17.5 Å². The fraction of sp³-hybridized carbons (Fsp3) is 0.625. The first-order valence-corrected chi connectivity index (χ1v) is 7.30. The van der Waals surface area contributed by atoms with Crippen LogP contribution in [0.3, 0.4) is 0 Å². The lowest BCUT2D eigenvalue weighted by Gasteiger charge is -2.41. The fourth-order valence-electron chi connectivity index (χ4n) is 3.12. The average molecular weight is 265 g/mol. The molecule has 1 aromatic rings. The number of rotatable bonds is 5. The summed E-state index contributed by atoms with van der Waals surface area (Å²) in [5.41, 5.74) is 7.32. The number of hydrogen-bond donors (Lipinski definition) is 1. The predicted octanol–water partition coefficient (Wildman–Crippen LogP) is 3.43. The first kappa shape index (κ1) is 14.5. The molecular weight excluding hydrogens is 241 g/mol. The Morgan fingerprint density at radius 1 is 1.21 bits per heavy atom. The van der Waals surface area contributed by atoms with Crippen molar-refractivity contribution in [2.45, 2.75) is 57.1 Å². The van der Waals surface area contributed by atoms with Gasteiger partial charge in [0.1, 0.15) is 5.82 Å². The van der Waals surface area contributed by atoms with Gasteiger partial charge in [-0.1, -0.05) is 31.4 Å². The van der Waals surface area contributed by atoms with E-state index in [4.69, 9.17) is 10.5 Å². The molecule has 0 heterocycles. The highest BCUT2D eigenvalue weighted by atomic mass is 19.1. The quantitative estimate of drug-likeness (QED) is 0.885. The summed E-state index contributed by atoms with van der Waals surface area (Å²) in [4.78, 5) is 0. The molecular formula is C16H24FNO. The second-order valence-electron chi connectivity index (χ2n) is 5.50. The first-order chi connectivity index (χ1) is 9.16. The van der Waals surface area contributed by atoms with E-state index >= 15 is 0 Å². The number of nitrogens with two attached hydrogens (primary N) is 1. The molecule has 0 aromatic heterocycles. The molecule has 0 amide bonds. The van der Waals surface area contributed by atoms with E-state index in [9.17, 15) is 4.39 Å². The van der Waals surface area contributed by atoms with Crippen LogP contribution in [0.4, 0.5) is 4.39 Å². The Labute approximate surface area is 115 Å². The first-order valence-electron chi connectivity index (χ1n) is 7.30. The normalized spacial score (nSPS) is 20.2. The Hall–Kier alpha value is -0.930. The third kappa shape index (κ3) is 3.54. The van der Waals surface area contributed by atoms with E-state index in [1.54, 1.807) is 0 Å². The van der Waals surface area contributed by atoms with Crippen LogP contribution in [0.15, 0.2) is 24.3 Å². The zero-order valence-electron chi connectivity index (χ0n) is 11.7. The summed E-state index contributed by atoms with van der Waals surface area (Å²) in [7, 11) is 0. The van der Waals surface area contributed by atoms with Gasteiger partial charge in [-0.3, -0.25) is 0 Å². The molecule has 1 atom stereocenters. The summed E-state index contributed by atoms with van der Waals surface area (Å²) >= 11 is 0. The van der Waals surface area contributed by atoms with E-state index in [2.05, 4.69) is 0 Å². The molecule has 106 valence electrons. The van der Waals surface area contributed by atoms with Gasteiger partial charge in [-0.05, 0) is 43.9 Å². The van der Waals surface area contributed by atoms with Crippen molar-refractivity contribution in [2.24, 2.45) is 5.73 Å². The van der Waals surface area contributed by atoms with Gasteiger partial charge in [0.15, 0.2) is 0 Å². The Morgan fingerprint density at radius 3 is 2.42 bits per heavy atom. The van der Waals surface area contributed by atoms with E-state index in [0.717, 1.165) is 24.8 Å². The van der Waals surface area contributed by atoms with Gasteiger partial charge in [-0.25, -0.2) is 4.39 Å². The maximum absolute atomic E-state index is 12.9. The molecule has 19 heavy (non-hydrogen) atoms. The highest BCUT2D eigenvalue weighted by molar-refractivity contribution is 5.18. The summed E-state index contributed by atoms with van der Waals surface area (Å²) in [6.07, 6.45) is 6.50. The molecule has 1 fully saturated rings. The molecule has 3 heteroatoms. The number of hydrogen-bond acceptors (Lipinski definition) is 2. The van der Waals surface area contributed by atoms with Crippen molar-refractivity contribution in [2.75, 3.05) is 6.61 Å². The van der Waals surface area contributed by atoms with Gasteiger partial charge in [0.05, 0.1) is 5.60 Å². The largest absolute Gasteiger partial charge is 0.374 e. The van der Waals surface area contributed by atoms with Crippen LogP contribution in [0.25, 0.3) is 0 Å². The molecule has 1 saturated carbocycles. The maximum Gasteiger partial charge on any atom is 0.123 e. The standard InChI is InChI=1S/C16H24FNO/c1-2-19-16(10-4-3-5-11-16)15(18)12-13-6-8-14(17)9-7-13/h6-9,15H,2-5,10-12,18H2,1H3. The van der Waals surface area contributed by atoms with Gasteiger partial charge in [-0.15, -0.1) is 0 Å². The Bertz CT molecular complexity index is 379. The smallest absolute Gasteiger partial charge is 0.123 e. The van der Waals surface area contributed by atoms with Crippen molar-refractivity contribution in [3.8, 4) is 0 Å². The van der Waals surface area contributed by atoms with Crippen LogP contribution >= 0.6 is 0 Å². The van der Waals surface area contributed by atoms with Gasteiger partial charge >= 0.3 is 0 Å². The molecule has 1 unspecified atom stereocenters. The van der Waals surface area contributed by atoms with Crippen molar-refractivity contribution in [3.05, 3.63) is 35.6 Å². The number of halogens is 1. The fourth-order valence-corrected chi connectivity index (χ4v) is 3.12. The third-order valence-corrected chi connectivity index (χ3v) is 4.18. The van der Waals surface area contributed by atoms with Crippen molar-refractivity contribution < 1.29 is 9.13 Å². The Balaban J connectivity index is 2.06. The van der Waals surface area contributed by atoms with Crippen LogP contribution in [0.2, 0.25) is 0 Å². The summed E-state index contributed by atoms with van der Waals surface area (Å²) < 4.78 is 18.9. The molecule has 1 aromatic carbocycles. The van der Waals surface area contributed by atoms with Crippen LogP contribution in [0.5, 0.6) is 0 Å². The zero-order chi connectivity index (χ0) is 13.7. The molecule has 0 spiro atoms. The van der Waals surface area contributed by atoms with Crippen LogP contribution < -0.4 is 5.73 Å². The molecule has 1 aliphatic carbocycles. The molecule has 1 aliphatic rings. The molecule has 2 nitrogen and oxygen atoms in total. The lowest BCUT2D eigenvalue weighted by molar-refractivity contribution is -0.0817. The minimum Gasteiger partial charge on any atom is -0.374 e. The van der Waals surface area contributed by atoms with Crippen LogP contribution in [0.1, 0.15) is 44.6 Å². The predicted molar refractivity (Wildman–Crippen MR) is 75.5 cm³/mol. The minimum atomic E-state index is -0.200. The van der Waals surface area contributed by atoms with E-state index < -0.39 is 0 Å². The topological polar surface area (TPSA) is 35.2 Å². The van der Waals surface area contributed by atoms with Crippen molar-refractivity contribution >= 4 is 0 Å². The van der Waals surface area contributed by atoms with Crippen LogP contribution in [-0.4, -0.2) is 18.2 Å². The van der Waals surface area contributed by atoms with Crippen molar-refractivity contribution in [3.63, 3.8) is 0 Å². The monoisotopic (exact) mass is 265 g/mol. The lowest BCUT2D eigenvalue weighted by atomic mass is 9.77. The second-order valence-corrected chi connectivity index (χ2v) is 5.50.